The van der Waals surface area contributed by atoms with Gasteiger partial charge in [0, 0.05) is 23.9 Å². The van der Waals surface area contributed by atoms with E-state index in [9.17, 15) is 18.0 Å². The van der Waals surface area contributed by atoms with Crippen molar-refractivity contribution in [2.24, 2.45) is 0 Å². The van der Waals surface area contributed by atoms with Gasteiger partial charge in [-0.3, -0.25) is 0 Å². The second-order valence-corrected chi connectivity index (χ2v) is 6.26. The lowest BCUT2D eigenvalue weighted by Crippen LogP contribution is -2.14. The van der Waals surface area contributed by atoms with E-state index in [2.05, 4.69) is 20.4 Å². The predicted molar refractivity (Wildman–Crippen MR) is 93.6 cm³/mol. The first-order chi connectivity index (χ1) is 12.6. The molecular weight excluding hydrogens is 363 g/mol. The molecule has 7 nitrogen and oxygen atoms in total. The van der Waals surface area contributed by atoms with E-state index >= 15 is 0 Å². The minimum atomic E-state index is -4.59. The molecule has 2 aromatic heterocycles. The van der Waals surface area contributed by atoms with Crippen LogP contribution < -0.4 is 5.32 Å². The highest BCUT2D eigenvalue weighted by atomic mass is 19.4. The maximum atomic E-state index is 13.0. The quantitative estimate of drug-likeness (QED) is 0.606. The number of anilines is 1. The van der Waals surface area contributed by atoms with Gasteiger partial charge in [-0.05, 0) is 33.8 Å². The third-order valence-electron chi connectivity index (χ3n) is 3.10. The zero-order valence-electron chi connectivity index (χ0n) is 15.3. The number of rotatable bonds is 6. The Morgan fingerprint density at radius 3 is 2.56 bits per heavy atom. The van der Waals surface area contributed by atoms with Crippen LogP contribution in [0.2, 0.25) is 0 Å². The number of nitrogens with zero attached hydrogens (tertiary/aromatic N) is 4. The van der Waals surface area contributed by atoms with Crippen LogP contribution in [0.25, 0.3) is 17.6 Å². The summed E-state index contributed by atoms with van der Waals surface area (Å²) in [6, 6.07) is 0.858. The Hall–Kier alpha value is -2.91. The van der Waals surface area contributed by atoms with Crippen molar-refractivity contribution in [3.63, 3.8) is 0 Å². The van der Waals surface area contributed by atoms with Gasteiger partial charge in [0.15, 0.2) is 5.82 Å². The van der Waals surface area contributed by atoms with Crippen molar-refractivity contribution < 1.29 is 22.7 Å². The summed E-state index contributed by atoms with van der Waals surface area (Å²) >= 11 is 0. The van der Waals surface area contributed by atoms with Gasteiger partial charge in [-0.15, -0.1) is 5.10 Å². The lowest BCUT2D eigenvalue weighted by molar-refractivity contribution is -0.142. The minimum absolute atomic E-state index is 0.0323. The van der Waals surface area contributed by atoms with Gasteiger partial charge in [-0.1, -0.05) is 0 Å². The molecule has 10 heteroatoms. The molecule has 2 aromatic rings. The molecule has 0 bridgehead atoms. The Morgan fingerprint density at radius 2 is 1.96 bits per heavy atom. The topological polar surface area (TPSA) is 81.9 Å². The van der Waals surface area contributed by atoms with Gasteiger partial charge < -0.3 is 10.1 Å². The van der Waals surface area contributed by atoms with E-state index in [0.29, 0.717) is 5.69 Å². The van der Waals surface area contributed by atoms with Crippen molar-refractivity contribution in [3.8, 4) is 11.4 Å². The summed E-state index contributed by atoms with van der Waals surface area (Å²) < 4.78 is 45.2. The van der Waals surface area contributed by atoms with E-state index in [-0.39, 0.29) is 23.5 Å². The van der Waals surface area contributed by atoms with Crippen LogP contribution in [0.15, 0.2) is 24.7 Å². The summed E-state index contributed by atoms with van der Waals surface area (Å²) in [4.78, 5) is 19.0. The summed E-state index contributed by atoms with van der Waals surface area (Å²) in [5, 5.41) is 7.12. The van der Waals surface area contributed by atoms with Crippen molar-refractivity contribution in [2.75, 3.05) is 5.32 Å². The highest BCUT2D eigenvalue weighted by Gasteiger charge is 2.33. The number of hydrogen-bond acceptors (Lipinski definition) is 6. The molecule has 0 aliphatic rings. The van der Waals surface area contributed by atoms with Crippen molar-refractivity contribution in [2.45, 2.75) is 46.0 Å². The fourth-order valence-corrected chi connectivity index (χ4v) is 2.10. The van der Waals surface area contributed by atoms with Gasteiger partial charge in [0.1, 0.15) is 12.0 Å². The zero-order chi connectivity index (χ0) is 20.2. The molecule has 0 atom stereocenters. The molecule has 0 spiro atoms. The Balaban J connectivity index is 2.35. The summed E-state index contributed by atoms with van der Waals surface area (Å²) in [6.07, 6.45) is -0.0116. The predicted octanol–water partition coefficient (Wildman–Crippen LogP) is 3.60. The second-order valence-electron chi connectivity index (χ2n) is 6.26. The zero-order valence-corrected chi connectivity index (χ0v) is 15.3. The Labute approximate surface area is 154 Å². The number of halogens is 3. The monoisotopic (exact) mass is 383 g/mol. The van der Waals surface area contributed by atoms with Crippen LogP contribution >= 0.6 is 0 Å². The van der Waals surface area contributed by atoms with Gasteiger partial charge in [0.05, 0.1) is 18.0 Å². The average Bonchev–Trinajstić information content (AvgIpc) is 3.00. The number of aromatic nitrogens is 4. The van der Waals surface area contributed by atoms with E-state index in [0.717, 1.165) is 18.3 Å². The van der Waals surface area contributed by atoms with Gasteiger partial charge in [0.25, 0.3) is 0 Å². The Bertz CT molecular complexity index is 828. The third kappa shape index (κ3) is 5.80. The number of pyridine rings is 1. The highest BCUT2D eigenvalue weighted by Crippen LogP contribution is 2.33. The molecule has 0 radical (unpaired) electrons. The van der Waals surface area contributed by atoms with Crippen LogP contribution in [-0.2, 0) is 15.7 Å². The number of esters is 1. The van der Waals surface area contributed by atoms with Gasteiger partial charge >= 0.3 is 12.1 Å². The van der Waals surface area contributed by atoms with Crippen molar-refractivity contribution in [1.82, 2.24) is 19.7 Å². The first-order valence-corrected chi connectivity index (χ1v) is 8.20. The van der Waals surface area contributed by atoms with E-state index in [1.807, 2.05) is 13.8 Å². The third-order valence-corrected chi connectivity index (χ3v) is 3.10. The van der Waals surface area contributed by atoms with Crippen LogP contribution in [0.3, 0.4) is 0 Å². The smallest absolute Gasteiger partial charge is 0.433 e. The average molecular weight is 383 g/mol. The molecule has 0 saturated heterocycles. The lowest BCUT2D eigenvalue weighted by atomic mass is 10.1. The van der Waals surface area contributed by atoms with Crippen molar-refractivity contribution in [1.29, 1.82) is 0 Å². The molecule has 2 heterocycles. The van der Waals surface area contributed by atoms with E-state index < -0.39 is 17.8 Å². The Morgan fingerprint density at radius 1 is 1.26 bits per heavy atom. The normalized spacial score (nSPS) is 12.2. The van der Waals surface area contributed by atoms with Crippen LogP contribution in [0.5, 0.6) is 0 Å². The first-order valence-electron chi connectivity index (χ1n) is 8.20. The number of carbonyl (C=O) groups excluding carboxylic acids is 1. The van der Waals surface area contributed by atoms with E-state index in [1.54, 1.807) is 13.8 Å². The molecule has 0 saturated carbocycles. The van der Waals surface area contributed by atoms with Crippen LogP contribution in [0.1, 0.15) is 33.4 Å². The maximum Gasteiger partial charge on any atom is 0.433 e. The van der Waals surface area contributed by atoms with Gasteiger partial charge in [-0.25, -0.2) is 19.4 Å². The van der Waals surface area contributed by atoms with Crippen molar-refractivity contribution in [3.05, 3.63) is 30.4 Å². The molecule has 27 heavy (non-hydrogen) atoms. The summed E-state index contributed by atoms with van der Waals surface area (Å²) in [6.45, 7) is 7.11. The molecule has 0 amide bonds. The number of alkyl halides is 3. The van der Waals surface area contributed by atoms with Crippen LogP contribution in [-0.4, -0.2) is 37.9 Å². The second kappa shape index (κ2) is 8.19. The maximum absolute atomic E-state index is 13.0. The summed E-state index contributed by atoms with van der Waals surface area (Å²) in [5.41, 5.74) is -0.513. The van der Waals surface area contributed by atoms with Crippen molar-refractivity contribution >= 4 is 17.9 Å². The molecule has 0 aliphatic heterocycles. The largest absolute Gasteiger partial charge is 0.460 e. The molecule has 1 N–H and O–H groups in total. The standard InChI is InChI=1S/C17H20F3N5O2/c1-10(2)23-13-8-21-14(17(18,19)20)7-12(13)16-22-9-25(24-16)6-5-15(26)27-11(3)4/h5-11,23H,1-4H3/b6-5-. The van der Waals surface area contributed by atoms with Gasteiger partial charge in [0.2, 0.25) is 0 Å². The van der Waals surface area contributed by atoms with Crippen LogP contribution in [0, 0.1) is 0 Å². The fraction of sp³-hybridized carbons (Fsp3) is 0.412. The summed E-state index contributed by atoms with van der Waals surface area (Å²) in [7, 11) is 0. The lowest BCUT2D eigenvalue weighted by Gasteiger charge is -2.14. The molecule has 0 unspecified atom stereocenters. The fourth-order valence-electron chi connectivity index (χ4n) is 2.10. The molecule has 146 valence electrons. The van der Waals surface area contributed by atoms with Gasteiger partial charge in [-0.2, -0.15) is 13.2 Å². The number of nitrogens with one attached hydrogen (secondary N) is 1. The molecule has 0 fully saturated rings. The van der Waals surface area contributed by atoms with E-state index in [1.165, 1.54) is 17.2 Å². The van der Waals surface area contributed by atoms with E-state index in [4.69, 9.17) is 4.74 Å². The molecular formula is C17H20F3N5O2. The Kier molecular flexibility index (Phi) is 6.19. The highest BCUT2D eigenvalue weighted by molar-refractivity contribution is 5.85. The molecule has 0 aliphatic carbocycles. The number of ether oxygens (including phenoxy) is 1. The SMILES string of the molecule is CC(C)Nc1cnc(C(F)(F)F)cc1-c1ncn(/C=C\C(=O)OC(C)C)n1. The minimum Gasteiger partial charge on any atom is -0.460 e. The molecule has 0 aromatic carbocycles. The molecule has 2 rings (SSSR count). The number of carbonyl (C=O) groups is 1. The van der Waals surface area contributed by atoms with Crippen LogP contribution in [0.4, 0.5) is 18.9 Å². The summed E-state index contributed by atoms with van der Waals surface area (Å²) in [5.74, 6) is -0.500. The first kappa shape index (κ1) is 20.4. The number of hydrogen-bond donors (Lipinski definition) is 1.